The van der Waals surface area contributed by atoms with Crippen LogP contribution in [0.15, 0.2) is 30.3 Å². The molecule has 20 heavy (non-hydrogen) atoms. The van der Waals surface area contributed by atoms with Gasteiger partial charge in [-0.3, -0.25) is 5.10 Å². The smallest absolute Gasteiger partial charge is 0.172 e. The van der Waals surface area contributed by atoms with E-state index in [1.54, 1.807) is 0 Å². The third kappa shape index (κ3) is 2.97. The van der Waals surface area contributed by atoms with Crippen molar-refractivity contribution < 1.29 is 0 Å². The van der Waals surface area contributed by atoms with E-state index in [-0.39, 0.29) is 0 Å². The summed E-state index contributed by atoms with van der Waals surface area (Å²) in [5.41, 5.74) is 3.57. The molecule has 0 amide bonds. The van der Waals surface area contributed by atoms with Crippen LogP contribution in [0.25, 0.3) is 0 Å². The summed E-state index contributed by atoms with van der Waals surface area (Å²) in [5, 5.41) is 17.6. The summed E-state index contributed by atoms with van der Waals surface area (Å²) in [5.74, 6) is 0.817. The van der Waals surface area contributed by atoms with E-state index >= 15 is 0 Å². The standard InChI is InChI=1S/C14H17N5S/c20-14(16-8-10-4-2-1-3-5-10)17-13-11-9-15-7-6-12(11)18-19-13/h1-5,15H,6-9H2,(H3,16,17,18,19,20). The van der Waals surface area contributed by atoms with Crippen molar-refractivity contribution in [3.63, 3.8) is 0 Å². The Bertz CT molecular complexity index is 593. The molecule has 1 aromatic carbocycles. The molecule has 5 nitrogen and oxygen atoms in total. The number of hydrogen-bond donors (Lipinski definition) is 4. The van der Waals surface area contributed by atoms with Crippen LogP contribution >= 0.6 is 12.2 Å². The van der Waals surface area contributed by atoms with Gasteiger partial charge in [0, 0.05) is 37.3 Å². The highest BCUT2D eigenvalue weighted by atomic mass is 32.1. The van der Waals surface area contributed by atoms with Crippen LogP contribution < -0.4 is 16.0 Å². The topological polar surface area (TPSA) is 64.8 Å². The van der Waals surface area contributed by atoms with Crippen LogP contribution in [0.5, 0.6) is 0 Å². The minimum absolute atomic E-state index is 0.591. The van der Waals surface area contributed by atoms with Gasteiger partial charge in [-0.05, 0) is 17.8 Å². The molecule has 0 atom stereocenters. The third-order valence-electron chi connectivity index (χ3n) is 3.33. The first-order valence-electron chi connectivity index (χ1n) is 6.68. The Morgan fingerprint density at radius 1 is 1.30 bits per heavy atom. The van der Waals surface area contributed by atoms with E-state index in [0.29, 0.717) is 11.7 Å². The molecule has 3 rings (SSSR count). The van der Waals surface area contributed by atoms with E-state index in [4.69, 9.17) is 12.2 Å². The van der Waals surface area contributed by atoms with E-state index in [0.717, 1.165) is 25.3 Å². The van der Waals surface area contributed by atoms with Crippen LogP contribution in [0.3, 0.4) is 0 Å². The van der Waals surface area contributed by atoms with Gasteiger partial charge in [-0.15, -0.1) is 0 Å². The highest BCUT2D eigenvalue weighted by Crippen LogP contribution is 2.19. The van der Waals surface area contributed by atoms with Gasteiger partial charge in [0.2, 0.25) is 0 Å². The van der Waals surface area contributed by atoms with Gasteiger partial charge in [0.15, 0.2) is 10.9 Å². The van der Waals surface area contributed by atoms with Gasteiger partial charge in [0.05, 0.1) is 0 Å². The monoisotopic (exact) mass is 287 g/mol. The normalized spacial score (nSPS) is 13.6. The van der Waals surface area contributed by atoms with Crippen LogP contribution in [0.1, 0.15) is 16.8 Å². The van der Waals surface area contributed by atoms with Crippen LogP contribution in [0.4, 0.5) is 5.82 Å². The molecule has 0 bridgehead atoms. The summed E-state index contributed by atoms with van der Waals surface area (Å²) in [7, 11) is 0. The third-order valence-corrected chi connectivity index (χ3v) is 3.58. The first-order chi connectivity index (χ1) is 9.83. The molecule has 0 saturated carbocycles. The van der Waals surface area contributed by atoms with E-state index in [9.17, 15) is 0 Å². The Balaban J connectivity index is 1.58. The van der Waals surface area contributed by atoms with Crippen LogP contribution in [-0.4, -0.2) is 21.9 Å². The SMILES string of the molecule is S=C(NCc1ccccc1)Nc1n[nH]c2c1CNCC2. The number of nitrogens with one attached hydrogen (secondary N) is 4. The van der Waals surface area contributed by atoms with Crippen LogP contribution in [0, 0.1) is 0 Å². The quantitative estimate of drug-likeness (QED) is 0.645. The Labute approximate surface area is 123 Å². The lowest BCUT2D eigenvalue weighted by atomic mass is 10.1. The van der Waals surface area contributed by atoms with E-state index < -0.39 is 0 Å². The highest BCUT2D eigenvalue weighted by Gasteiger charge is 2.16. The lowest BCUT2D eigenvalue weighted by Crippen LogP contribution is -2.29. The summed E-state index contributed by atoms with van der Waals surface area (Å²) in [4.78, 5) is 0. The Kier molecular flexibility index (Phi) is 3.94. The number of hydrogen-bond acceptors (Lipinski definition) is 3. The predicted octanol–water partition coefficient (Wildman–Crippen LogP) is 1.54. The number of H-pyrrole nitrogens is 1. The van der Waals surface area contributed by atoms with E-state index in [2.05, 4.69) is 38.3 Å². The molecule has 0 aliphatic carbocycles. The van der Waals surface area contributed by atoms with E-state index in [1.807, 2.05) is 18.2 Å². The molecular formula is C14H17N5S. The second kappa shape index (κ2) is 6.02. The molecule has 0 saturated heterocycles. The Hall–Kier alpha value is -1.92. The number of aromatic amines is 1. The van der Waals surface area contributed by atoms with Gasteiger partial charge in [-0.1, -0.05) is 30.3 Å². The summed E-state index contributed by atoms with van der Waals surface area (Å²) in [6, 6.07) is 10.2. The largest absolute Gasteiger partial charge is 0.358 e. The minimum atomic E-state index is 0.591. The van der Waals surface area contributed by atoms with Crippen molar-refractivity contribution in [2.45, 2.75) is 19.5 Å². The number of thiocarbonyl (C=S) groups is 1. The molecule has 0 fully saturated rings. The maximum atomic E-state index is 5.31. The zero-order chi connectivity index (χ0) is 13.8. The molecule has 2 heterocycles. The summed E-state index contributed by atoms with van der Waals surface area (Å²) in [6.07, 6.45) is 0.980. The molecule has 0 radical (unpaired) electrons. The van der Waals surface area contributed by atoms with Crippen molar-refractivity contribution in [3.05, 3.63) is 47.2 Å². The first-order valence-corrected chi connectivity index (χ1v) is 7.09. The zero-order valence-corrected chi connectivity index (χ0v) is 11.9. The second-order valence-electron chi connectivity index (χ2n) is 4.75. The maximum absolute atomic E-state index is 5.31. The number of nitrogens with zero attached hydrogens (tertiary/aromatic N) is 1. The molecule has 1 aromatic heterocycles. The Morgan fingerprint density at radius 3 is 3.00 bits per heavy atom. The van der Waals surface area contributed by atoms with Crippen LogP contribution in [-0.2, 0) is 19.5 Å². The van der Waals surface area contributed by atoms with Gasteiger partial charge in [-0.2, -0.15) is 5.10 Å². The van der Waals surface area contributed by atoms with Gasteiger partial charge in [-0.25, -0.2) is 0 Å². The molecule has 0 unspecified atom stereocenters. The molecule has 104 valence electrons. The van der Waals surface area contributed by atoms with Crippen molar-refractivity contribution in [2.75, 3.05) is 11.9 Å². The van der Waals surface area contributed by atoms with Crippen molar-refractivity contribution in [1.82, 2.24) is 20.8 Å². The van der Waals surface area contributed by atoms with Gasteiger partial charge in [0.25, 0.3) is 0 Å². The fraction of sp³-hybridized carbons (Fsp3) is 0.286. The lowest BCUT2D eigenvalue weighted by molar-refractivity contribution is 0.637. The van der Waals surface area contributed by atoms with Gasteiger partial charge < -0.3 is 16.0 Å². The number of rotatable bonds is 3. The molecule has 4 N–H and O–H groups in total. The first kappa shape index (κ1) is 13.1. The minimum Gasteiger partial charge on any atom is -0.358 e. The Morgan fingerprint density at radius 2 is 2.15 bits per heavy atom. The lowest BCUT2D eigenvalue weighted by Gasteiger charge is -2.14. The summed E-state index contributed by atoms with van der Waals surface area (Å²) >= 11 is 5.31. The molecule has 0 spiro atoms. The molecule has 1 aliphatic rings. The van der Waals surface area contributed by atoms with Gasteiger partial charge in [0.1, 0.15) is 0 Å². The van der Waals surface area contributed by atoms with Crippen molar-refractivity contribution in [1.29, 1.82) is 0 Å². The highest BCUT2D eigenvalue weighted by molar-refractivity contribution is 7.80. The molecule has 6 heteroatoms. The number of aromatic nitrogens is 2. The van der Waals surface area contributed by atoms with Crippen molar-refractivity contribution in [3.8, 4) is 0 Å². The van der Waals surface area contributed by atoms with Crippen molar-refractivity contribution >= 4 is 23.1 Å². The number of anilines is 1. The average molecular weight is 287 g/mol. The predicted molar refractivity (Wildman–Crippen MR) is 83.5 cm³/mol. The number of fused-ring (bicyclic) bond motifs is 1. The average Bonchev–Trinajstić information content (AvgIpc) is 2.90. The summed E-state index contributed by atoms with van der Waals surface area (Å²) < 4.78 is 0. The van der Waals surface area contributed by atoms with Gasteiger partial charge >= 0.3 is 0 Å². The molecule has 1 aliphatic heterocycles. The second-order valence-corrected chi connectivity index (χ2v) is 5.16. The number of benzene rings is 1. The fourth-order valence-corrected chi connectivity index (χ4v) is 2.43. The van der Waals surface area contributed by atoms with Crippen LogP contribution in [0.2, 0.25) is 0 Å². The fourth-order valence-electron chi connectivity index (χ4n) is 2.26. The van der Waals surface area contributed by atoms with Crippen molar-refractivity contribution in [2.24, 2.45) is 0 Å². The molecular weight excluding hydrogens is 270 g/mol. The van der Waals surface area contributed by atoms with E-state index in [1.165, 1.54) is 16.8 Å². The molecule has 2 aromatic rings. The maximum Gasteiger partial charge on any atom is 0.172 e. The summed E-state index contributed by atoms with van der Waals surface area (Å²) in [6.45, 7) is 2.53. The zero-order valence-electron chi connectivity index (χ0n) is 11.1.